The third-order valence-corrected chi connectivity index (χ3v) is 3.09. The molecular weight excluding hydrogens is 311 g/mol. The first-order valence-corrected chi connectivity index (χ1v) is 6.99. The van der Waals surface area contributed by atoms with Crippen LogP contribution in [0.1, 0.15) is 6.42 Å². The molecule has 10 nitrogen and oxygen atoms in total. The highest BCUT2D eigenvalue weighted by atomic mass is 31.2. The number of aliphatic hydroxyl groups is 1. The van der Waals surface area contributed by atoms with Gasteiger partial charge in [0.2, 0.25) is 0 Å². The summed E-state index contributed by atoms with van der Waals surface area (Å²) in [5.74, 6) is -3.70. The standard InChI is InChI=1S/C10H13O10P/c1-4(9(12)13)19-6-2-5(10(14)15)3-7(8(6)11)20-21(16,17)18/h3,6-8,11H,1-2H2,(H,12,13)(H,14,15)(H2,16,17,18)/t6?,7-,8?/m1/s1. The Bertz CT molecular complexity index is 532. The lowest BCUT2D eigenvalue weighted by molar-refractivity contribution is -0.141. The number of aliphatic carboxylic acids is 2. The molecular formula is C10H13O10P. The third-order valence-electron chi connectivity index (χ3n) is 2.57. The Morgan fingerprint density at radius 2 is 1.90 bits per heavy atom. The highest BCUT2D eigenvalue weighted by molar-refractivity contribution is 7.46. The molecule has 0 aromatic heterocycles. The van der Waals surface area contributed by atoms with E-state index in [1.807, 2.05) is 0 Å². The quantitative estimate of drug-likeness (QED) is 0.237. The molecule has 1 rings (SSSR count). The van der Waals surface area contributed by atoms with E-state index in [-0.39, 0.29) is 12.0 Å². The molecule has 0 heterocycles. The molecule has 0 bridgehead atoms. The van der Waals surface area contributed by atoms with E-state index in [2.05, 4.69) is 11.1 Å². The van der Waals surface area contributed by atoms with Crippen LogP contribution in [0, 0.1) is 0 Å². The molecule has 21 heavy (non-hydrogen) atoms. The molecule has 0 amide bonds. The predicted octanol–water partition coefficient (Wildman–Crippen LogP) is -0.777. The van der Waals surface area contributed by atoms with E-state index < -0.39 is 43.8 Å². The van der Waals surface area contributed by atoms with Gasteiger partial charge in [0.15, 0.2) is 5.76 Å². The van der Waals surface area contributed by atoms with Crippen LogP contribution in [-0.2, 0) is 23.4 Å². The van der Waals surface area contributed by atoms with E-state index in [4.69, 9.17) is 24.7 Å². The van der Waals surface area contributed by atoms with E-state index in [1.165, 1.54) is 0 Å². The maximum absolute atomic E-state index is 10.9. The second kappa shape index (κ2) is 6.37. The van der Waals surface area contributed by atoms with Gasteiger partial charge in [-0.1, -0.05) is 0 Å². The summed E-state index contributed by atoms with van der Waals surface area (Å²) in [6.45, 7) is 3.06. The Balaban J connectivity index is 3.00. The number of carboxylic acids is 2. The summed E-state index contributed by atoms with van der Waals surface area (Å²) < 4.78 is 19.9. The molecule has 0 aromatic carbocycles. The van der Waals surface area contributed by atoms with Gasteiger partial charge in [0.1, 0.15) is 18.3 Å². The van der Waals surface area contributed by atoms with E-state index in [0.29, 0.717) is 0 Å². The molecule has 0 saturated carbocycles. The van der Waals surface area contributed by atoms with Crippen molar-refractivity contribution < 1.29 is 48.5 Å². The van der Waals surface area contributed by atoms with Crippen LogP contribution in [-0.4, -0.2) is 55.4 Å². The first-order valence-electron chi connectivity index (χ1n) is 5.46. The summed E-state index contributed by atoms with van der Waals surface area (Å²) in [6.07, 6.45) is -4.30. The molecule has 3 atom stereocenters. The summed E-state index contributed by atoms with van der Waals surface area (Å²) >= 11 is 0. The van der Waals surface area contributed by atoms with Crippen molar-refractivity contribution in [3.63, 3.8) is 0 Å². The summed E-state index contributed by atoms with van der Waals surface area (Å²) in [5.41, 5.74) is -0.345. The minimum atomic E-state index is -5.00. The molecule has 0 aliphatic heterocycles. The zero-order valence-electron chi connectivity index (χ0n) is 10.4. The number of hydrogen-bond donors (Lipinski definition) is 5. The van der Waals surface area contributed by atoms with Gasteiger partial charge in [0, 0.05) is 12.0 Å². The van der Waals surface area contributed by atoms with Crippen LogP contribution in [0.3, 0.4) is 0 Å². The van der Waals surface area contributed by atoms with Crippen LogP contribution in [0.25, 0.3) is 0 Å². The number of aliphatic hydroxyl groups excluding tert-OH is 1. The normalized spacial score (nSPS) is 25.9. The van der Waals surface area contributed by atoms with E-state index >= 15 is 0 Å². The molecule has 11 heteroatoms. The van der Waals surface area contributed by atoms with Gasteiger partial charge in [-0.2, -0.15) is 0 Å². The van der Waals surface area contributed by atoms with Crippen LogP contribution < -0.4 is 0 Å². The minimum Gasteiger partial charge on any atom is -0.480 e. The molecule has 1 aliphatic rings. The Labute approximate surface area is 118 Å². The monoisotopic (exact) mass is 324 g/mol. The third kappa shape index (κ3) is 4.96. The zero-order valence-corrected chi connectivity index (χ0v) is 11.3. The van der Waals surface area contributed by atoms with Gasteiger partial charge in [0.25, 0.3) is 0 Å². The molecule has 0 aromatic rings. The smallest absolute Gasteiger partial charge is 0.470 e. The number of phosphoric acid groups is 1. The fourth-order valence-corrected chi connectivity index (χ4v) is 2.17. The Kier molecular flexibility index (Phi) is 5.26. The van der Waals surface area contributed by atoms with E-state index in [1.54, 1.807) is 0 Å². The summed E-state index contributed by atoms with van der Waals surface area (Å²) in [5, 5.41) is 27.4. The molecule has 0 spiro atoms. The van der Waals surface area contributed by atoms with Crippen molar-refractivity contribution in [3.8, 4) is 0 Å². The second-order valence-corrected chi connectivity index (χ2v) is 5.33. The van der Waals surface area contributed by atoms with Crippen LogP contribution in [0.4, 0.5) is 0 Å². The van der Waals surface area contributed by atoms with Gasteiger partial charge < -0.3 is 29.8 Å². The van der Waals surface area contributed by atoms with Gasteiger partial charge >= 0.3 is 19.8 Å². The predicted molar refractivity (Wildman–Crippen MR) is 64.9 cm³/mol. The van der Waals surface area contributed by atoms with Crippen molar-refractivity contribution in [1.29, 1.82) is 0 Å². The SMILES string of the molecule is C=C(OC1CC(C(=O)O)=C[C@@H](OP(=O)(O)O)C1O)C(=O)O. The van der Waals surface area contributed by atoms with Crippen molar-refractivity contribution >= 4 is 19.8 Å². The number of phosphoric ester groups is 1. The maximum Gasteiger partial charge on any atom is 0.470 e. The number of rotatable bonds is 6. The molecule has 1 aliphatic carbocycles. The lowest BCUT2D eigenvalue weighted by atomic mass is 9.92. The summed E-state index contributed by atoms with van der Waals surface area (Å²) in [7, 11) is -5.00. The van der Waals surface area contributed by atoms with Crippen LogP contribution in [0.15, 0.2) is 24.0 Å². The molecule has 2 unspecified atom stereocenters. The Morgan fingerprint density at radius 1 is 1.33 bits per heavy atom. The maximum atomic E-state index is 10.9. The average molecular weight is 324 g/mol. The van der Waals surface area contributed by atoms with Crippen LogP contribution in [0.2, 0.25) is 0 Å². The Morgan fingerprint density at radius 3 is 2.33 bits per heavy atom. The topological polar surface area (TPSA) is 171 Å². The van der Waals surface area contributed by atoms with Gasteiger partial charge in [-0.25, -0.2) is 14.2 Å². The Hall–Kier alpha value is -1.71. The van der Waals surface area contributed by atoms with Crippen molar-refractivity contribution in [2.45, 2.75) is 24.7 Å². The van der Waals surface area contributed by atoms with Crippen molar-refractivity contribution in [1.82, 2.24) is 0 Å². The molecule has 5 N–H and O–H groups in total. The van der Waals surface area contributed by atoms with Crippen molar-refractivity contribution in [2.75, 3.05) is 0 Å². The molecule has 0 fully saturated rings. The highest BCUT2D eigenvalue weighted by Crippen LogP contribution is 2.41. The average Bonchev–Trinajstić information content (AvgIpc) is 2.31. The molecule has 0 saturated heterocycles. The fourth-order valence-electron chi connectivity index (χ4n) is 1.67. The van der Waals surface area contributed by atoms with Gasteiger partial charge in [-0.15, -0.1) is 0 Å². The summed E-state index contributed by atoms with van der Waals surface area (Å²) in [6, 6.07) is 0. The number of carbonyl (C=O) groups is 2. The van der Waals surface area contributed by atoms with Gasteiger partial charge in [-0.05, 0) is 12.7 Å². The number of ether oxygens (including phenoxy) is 1. The lowest BCUT2D eigenvalue weighted by Gasteiger charge is -2.32. The van der Waals surface area contributed by atoms with E-state index in [0.717, 1.165) is 6.08 Å². The van der Waals surface area contributed by atoms with Crippen LogP contribution >= 0.6 is 7.82 Å². The molecule has 118 valence electrons. The lowest BCUT2D eigenvalue weighted by Crippen LogP contribution is -2.43. The number of carboxylic acid groups (broad SMARTS) is 2. The van der Waals surface area contributed by atoms with Gasteiger partial charge in [-0.3, -0.25) is 4.52 Å². The van der Waals surface area contributed by atoms with Crippen molar-refractivity contribution in [2.24, 2.45) is 0 Å². The second-order valence-electron chi connectivity index (χ2n) is 4.14. The minimum absolute atomic E-state index is 0.345. The zero-order chi connectivity index (χ0) is 16.4. The highest BCUT2D eigenvalue weighted by Gasteiger charge is 2.39. The van der Waals surface area contributed by atoms with E-state index in [9.17, 15) is 19.3 Å². The number of hydrogen-bond acceptors (Lipinski definition) is 6. The van der Waals surface area contributed by atoms with Crippen molar-refractivity contribution in [3.05, 3.63) is 24.0 Å². The summed E-state index contributed by atoms with van der Waals surface area (Å²) in [4.78, 5) is 39.0. The first-order chi connectivity index (χ1) is 9.51. The molecule has 0 radical (unpaired) electrons. The van der Waals surface area contributed by atoms with Crippen LogP contribution in [0.5, 0.6) is 0 Å². The van der Waals surface area contributed by atoms with Gasteiger partial charge in [0.05, 0.1) is 0 Å². The first kappa shape index (κ1) is 17.3. The largest absolute Gasteiger partial charge is 0.480 e. The fraction of sp³-hybridized carbons (Fsp3) is 0.400.